The maximum Gasteiger partial charge on any atom is 0.317 e. The number of carboxylic acid groups (broad SMARTS) is 1. The molecule has 4 heteroatoms. The van der Waals surface area contributed by atoms with Crippen molar-refractivity contribution in [3.63, 3.8) is 0 Å². The lowest BCUT2D eigenvalue weighted by atomic mass is 9.93. The molecule has 0 aromatic carbocycles. The van der Waals surface area contributed by atoms with Crippen molar-refractivity contribution in [3.8, 4) is 0 Å². The molecule has 0 spiro atoms. The quantitative estimate of drug-likeness (QED) is 0.795. The second-order valence-electron chi connectivity index (χ2n) is 4.15. The third kappa shape index (κ3) is 3.03. The van der Waals surface area contributed by atoms with Gasteiger partial charge >= 0.3 is 5.97 Å². The highest BCUT2D eigenvalue weighted by Crippen LogP contribution is 2.22. The third-order valence-electron chi connectivity index (χ3n) is 2.81. The van der Waals surface area contributed by atoms with Crippen LogP contribution in [0.15, 0.2) is 18.3 Å². The van der Waals surface area contributed by atoms with Gasteiger partial charge in [-0.3, -0.25) is 15.1 Å². The summed E-state index contributed by atoms with van der Waals surface area (Å²) in [4.78, 5) is 14.9. The SMILES string of the molecule is CCC(C)(NCC(=O)O)c1ccc(C)cn1. The summed E-state index contributed by atoms with van der Waals surface area (Å²) < 4.78 is 0. The van der Waals surface area contributed by atoms with E-state index in [1.165, 1.54) is 0 Å². The molecule has 0 aliphatic heterocycles. The minimum Gasteiger partial charge on any atom is -0.480 e. The summed E-state index contributed by atoms with van der Waals surface area (Å²) in [5.41, 5.74) is 1.59. The second-order valence-corrected chi connectivity index (χ2v) is 4.15. The Bertz CT molecular complexity index is 362. The Labute approximate surface area is 95.7 Å². The van der Waals surface area contributed by atoms with E-state index >= 15 is 0 Å². The first-order valence-electron chi connectivity index (χ1n) is 5.38. The zero-order valence-electron chi connectivity index (χ0n) is 9.95. The molecule has 1 rings (SSSR count). The molecule has 0 aliphatic carbocycles. The zero-order valence-corrected chi connectivity index (χ0v) is 9.95. The van der Waals surface area contributed by atoms with Crippen LogP contribution < -0.4 is 5.32 Å². The lowest BCUT2D eigenvalue weighted by Gasteiger charge is -2.28. The van der Waals surface area contributed by atoms with Crippen LogP contribution in [0.3, 0.4) is 0 Å². The molecule has 0 amide bonds. The average molecular weight is 222 g/mol. The molecule has 0 saturated heterocycles. The number of aromatic nitrogens is 1. The van der Waals surface area contributed by atoms with E-state index in [-0.39, 0.29) is 12.1 Å². The Morgan fingerprint density at radius 3 is 2.69 bits per heavy atom. The van der Waals surface area contributed by atoms with Crippen molar-refractivity contribution in [3.05, 3.63) is 29.6 Å². The predicted octanol–water partition coefficient (Wildman–Crippen LogP) is 1.69. The molecule has 1 heterocycles. The number of aryl methyl sites for hydroxylation is 1. The van der Waals surface area contributed by atoms with E-state index in [0.29, 0.717) is 0 Å². The van der Waals surface area contributed by atoms with Crippen molar-refractivity contribution in [2.24, 2.45) is 0 Å². The van der Waals surface area contributed by atoms with E-state index < -0.39 is 5.97 Å². The lowest BCUT2D eigenvalue weighted by molar-refractivity contribution is -0.136. The molecule has 1 unspecified atom stereocenters. The Kier molecular flexibility index (Phi) is 4.01. The van der Waals surface area contributed by atoms with Gasteiger partial charge in [-0.1, -0.05) is 13.0 Å². The van der Waals surface area contributed by atoms with Gasteiger partial charge < -0.3 is 5.11 Å². The number of aliphatic carboxylic acids is 1. The highest BCUT2D eigenvalue weighted by atomic mass is 16.4. The van der Waals surface area contributed by atoms with Crippen LogP contribution >= 0.6 is 0 Å². The molecule has 0 radical (unpaired) electrons. The summed E-state index contributed by atoms with van der Waals surface area (Å²) in [5, 5.41) is 11.7. The number of hydrogen-bond acceptors (Lipinski definition) is 3. The van der Waals surface area contributed by atoms with Gasteiger partial charge in [-0.05, 0) is 31.9 Å². The number of nitrogens with zero attached hydrogens (tertiary/aromatic N) is 1. The lowest BCUT2D eigenvalue weighted by Crippen LogP contribution is -2.42. The monoisotopic (exact) mass is 222 g/mol. The van der Waals surface area contributed by atoms with Crippen molar-refractivity contribution in [2.75, 3.05) is 6.54 Å². The van der Waals surface area contributed by atoms with Crippen LogP contribution in [0.4, 0.5) is 0 Å². The van der Waals surface area contributed by atoms with Gasteiger partial charge in [-0.25, -0.2) is 0 Å². The van der Waals surface area contributed by atoms with Crippen LogP contribution in [0.5, 0.6) is 0 Å². The number of rotatable bonds is 5. The molecule has 1 atom stereocenters. The van der Waals surface area contributed by atoms with Crippen LogP contribution in [-0.4, -0.2) is 22.6 Å². The third-order valence-corrected chi connectivity index (χ3v) is 2.81. The van der Waals surface area contributed by atoms with Gasteiger partial charge in [0, 0.05) is 6.20 Å². The molecule has 1 aromatic heterocycles. The summed E-state index contributed by atoms with van der Waals surface area (Å²) in [6.45, 7) is 5.90. The number of carboxylic acids is 1. The summed E-state index contributed by atoms with van der Waals surface area (Å²) in [6.07, 6.45) is 2.59. The number of hydrogen-bond donors (Lipinski definition) is 2. The van der Waals surface area contributed by atoms with Gasteiger partial charge in [0.15, 0.2) is 0 Å². The van der Waals surface area contributed by atoms with E-state index in [2.05, 4.69) is 10.3 Å². The maximum absolute atomic E-state index is 10.6. The number of pyridine rings is 1. The van der Waals surface area contributed by atoms with E-state index in [1.54, 1.807) is 6.20 Å². The van der Waals surface area contributed by atoms with E-state index in [9.17, 15) is 4.79 Å². The largest absolute Gasteiger partial charge is 0.480 e. The Hall–Kier alpha value is -1.42. The standard InChI is InChI=1S/C12H18N2O2/c1-4-12(3,14-8-11(15)16)10-6-5-9(2)7-13-10/h5-7,14H,4,8H2,1-3H3,(H,15,16). The maximum atomic E-state index is 10.6. The van der Waals surface area contributed by atoms with E-state index in [4.69, 9.17) is 5.11 Å². The smallest absolute Gasteiger partial charge is 0.317 e. The highest BCUT2D eigenvalue weighted by molar-refractivity contribution is 5.69. The van der Waals surface area contributed by atoms with Crippen LogP contribution in [0.25, 0.3) is 0 Å². The van der Waals surface area contributed by atoms with Crippen molar-refractivity contribution >= 4 is 5.97 Å². The summed E-state index contributed by atoms with van der Waals surface area (Å²) in [5.74, 6) is -0.855. The zero-order chi connectivity index (χ0) is 12.2. The number of nitrogens with one attached hydrogen (secondary N) is 1. The molecule has 0 aliphatic rings. The van der Waals surface area contributed by atoms with Crippen LogP contribution in [-0.2, 0) is 10.3 Å². The Balaban J connectivity index is 2.86. The fraction of sp³-hybridized carbons (Fsp3) is 0.500. The second kappa shape index (κ2) is 5.07. The van der Waals surface area contributed by atoms with Crippen LogP contribution in [0.1, 0.15) is 31.5 Å². The molecular weight excluding hydrogens is 204 g/mol. The van der Waals surface area contributed by atoms with E-state index in [0.717, 1.165) is 17.7 Å². The van der Waals surface area contributed by atoms with Crippen LogP contribution in [0.2, 0.25) is 0 Å². The molecule has 4 nitrogen and oxygen atoms in total. The first kappa shape index (κ1) is 12.6. The Morgan fingerprint density at radius 1 is 1.56 bits per heavy atom. The Morgan fingerprint density at radius 2 is 2.25 bits per heavy atom. The molecule has 16 heavy (non-hydrogen) atoms. The van der Waals surface area contributed by atoms with Crippen molar-refractivity contribution < 1.29 is 9.90 Å². The summed E-state index contributed by atoms with van der Waals surface area (Å²) in [6, 6.07) is 3.92. The fourth-order valence-electron chi connectivity index (χ4n) is 1.46. The highest BCUT2D eigenvalue weighted by Gasteiger charge is 2.25. The molecule has 0 fully saturated rings. The predicted molar refractivity (Wildman–Crippen MR) is 62.3 cm³/mol. The topological polar surface area (TPSA) is 62.2 Å². The summed E-state index contributed by atoms with van der Waals surface area (Å²) in [7, 11) is 0. The molecule has 0 saturated carbocycles. The van der Waals surface area contributed by atoms with Gasteiger partial charge in [0.1, 0.15) is 0 Å². The van der Waals surface area contributed by atoms with Gasteiger partial charge in [-0.2, -0.15) is 0 Å². The minimum absolute atomic E-state index is 0.0557. The fourth-order valence-corrected chi connectivity index (χ4v) is 1.46. The first-order valence-corrected chi connectivity index (χ1v) is 5.38. The van der Waals surface area contributed by atoms with Crippen molar-refractivity contribution in [1.82, 2.24) is 10.3 Å². The molecule has 0 bridgehead atoms. The van der Waals surface area contributed by atoms with Crippen molar-refractivity contribution in [2.45, 2.75) is 32.7 Å². The molecular formula is C12H18N2O2. The van der Waals surface area contributed by atoms with Gasteiger partial charge in [-0.15, -0.1) is 0 Å². The minimum atomic E-state index is -0.855. The first-order chi connectivity index (χ1) is 7.48. The van der Waals surface area contributed by atoms with E-state index in [1.807, 2.05) is 32.9 Å². The average Bonchev–Trinajstić information content (AvgIpc) is 2.27. The van der Waals surface area contributed by atoms with Crippen LogP contribution in [0, 0.1) is 6.92 Å². The molecule has 88 valence electrons. The van der Waals surface area contributed by atoms with Gasteiger partial charge in [0.05, 0.1) is 17.8 Å². The van der Waals surface area contributed by atoms with Crippen molar-refractivity contribution in [1.29, 1.82) is 0 Å². The number of carbonyl (C=O) groups is 1. The van der Waals surface area contributed by atoms with Gasteiger partial charge in [0.2, 0.25) is 0 Å². The molecule has 2 N–H and O–H groups in total. The molecule has 1 aromatic rings. The normalized spacial score (nSPS) is 14.4. The van der Waals surface area contributed by atoms with Gasteiger partial charge in [0.25, 0.3) is 0 Å². The summed E-state index contributed by atoms with van der Waals surface area (Å²) >= 11 is 0.